The van der Waals surface area contributed by atoms with Gasteiger partial charge in [0.1, 0.15) is 11.5 Å². The van der Waals surface area contributed by atoms with Crippen molar-refractivity contribution >= 4 is 17.1 Å². The molecule has 0 atom stereocenters. The highest BCUT2D eigenvalue weighted by molar-refractivity contribution is 6.38. The van der Waals surface area contributed by atoms with Crippen LogP contribution in [0.2, 0.25) is 0 Å². The van der Waals surface area contributed by atoms with Crippen LogP contribution in [-0.2, 0) is 0 Å². The van der Waals surface area contributed by atoms with Gasteiger partial charge in [-0.25, -0.2) is 0 Å². The fourth-order valence-corrected chi connectivity index (χ4v) is 2.42. The summed E-state index contributed by atoms with van der Waals surface area (Å²) in [5.74, 6) is 0.663. The van der Waals surface area contributed by atoms with Gasteiger partial charge in [0.2, 0.25) is 0 Å². The molecule has 3 nitrogen and oxygen atoms in total. The molecule has 0 amide bonds. The van der Waals surface area contributed by atoms with Crippen molar-refractivity contribution in [2.45, 2.75) is 6.92 Å². The summed E-state index contributed by atoms with van der Waals surface area (Å²) in [6.07, 6.45) is 0. The molecule has 0 spiro atoms. The highest BCUT2D eigenvalue weighted by atomic mass is 16.5. The van der Waals surface area contributed by atoms with Gasteiger partial charge in [-0.2, -0.15) is 0 Å². The van der Waals surface area contributed by atoms with Gasteiger partial charge in [0.05, 0.1) is 12.2 Å². The number of ketones is 1. The number of aliphatic hydroxyl groups is 1. The predicted molar refractivity (Wildman–Crippen MR) is 77.8 cm³/mol. The van der Waals surface area contributed by atoms with Crippen LogP contribution in [0.5, 0.6) is 5.75 Å². The van der Waals surface area contributed by atoms with Gasteiger partial charge in [-0.05, 0) is 24.6 Å². The van der Waals surface area contributed by atoms with Crippen LogP contribution < -0.4 is 4.74 Å². The van der Waals surface area contributed by atoms with Gasteiger partial charge >= 0.3 is 0 Å². The molecule has 0 bridgehead atoms. The number of carbonyl (C=O) groups excluding carboxylic acids is 1. The SMILES string of the molecule is CCOc1ccc(C2=C(O)c3ccccc3C2=O)cc1. The third-order valence-corrected chi connectivity index (χ3v) is 3.34. The second-order valence-corrected chi connectivity index (χ2v) is 4.56. The molecule has 0 aromatic heterocycles. The normalized spacial score (nSPS) is 13.6. The lowest BCUT2D eigenvalue weighted by atomic mass is 10.0. The number of fused-ring (bicyclic) bond motifs is 1. The Kier molecular flexibility index (Phi) is 3.03. The number of Topliss-reactive ketones (excluding diaryl/α,β-unsaturated/α-hetero) is 1. The van der Waals surface area contributed by atoms with E-state index in [-0.39, 0.29) is 11.5 Å². The summed E-state index contributed by atoms with van der Waals surface area (Å²) in [6, 6.07) is 14.3. The Morgan fingerprint density at radius 3 is 2.25 bits per heavy atom. The van der Waals surface area contributed by atoms with Crippen LogP contribution in [0.3, 0.4) is 0 Å². The molecule has 0 aliphatic heterocycles. The third kappa shape index (κ3) is 1.88. The summed E-state index contributed by atoms with van der Waals surface area (Å²) >= 11 is 0. The Morgan fingerprint density at radius 1 is 1.00 bits per heavy atom. The van der Waals surface area contributed by atoms with E-state index in [9.17, 15) is 9.90 Å². The molecule has 2 aromatic carbocycles. The first-order valence-electron chi connectivity index (χ1n) is 6.53. The van der Waals surface area contributed by atoms with Crippen molar-refractivity contribution in [2.75, 3.05) is 6.61 Å². The van der Waals surface area contributed by atoms with Gasteiger partial charge < -0.3 is 9.84 Å². The highest BCUT2D eigenvalue weighted by Crippen LogP contribution is 2.36. The summed E-state index contributed by atoms with van der Waals surface area (Å²) in [5.41, 5.74) is 2.21. The van der Waals surface area contributed by atoms with Crippen molar-refractivity contribution in [2.24, 2.45) is 0 Å². The van der Waals surface area contributed by atoms with Crippen molar-refractivity contribution in [1.82, 2.24) is 0 Å². The largest absolute Gasteiger partial charge is 0.507 e. The van der Waals surface area contributed by atoms with Crippen LogP contribution in [0.1, 0.15) is 28.4 Å². The number of benzene rings is 2. The molecule has 0 saturated heterocycles. The summed E-state index contributed by atoms with van der Waals surface area (Å²) in [4.78, 5) is 12.4. The maximum absolute atomic E-state index is 12.4. The first kappa shape index (κ1) is 12.5. The van der Waals surface area contributed by atoms with Gasteiger partial charge in [0, 0.05) is 11.1 Å². The zero-order valence-corrected chi connectivity index (χ0v) is 11.1. The van der Waals surface area contributed by atoms with Crippen molar-refractivity contribution < 1.29 is 14.6 Å². The second-order valence-electron chi connectivity index (χ2n) is 4.56. The van der Waals surface area contributed by atoms with E-state index in [0.717, 1.165) is 5.75 Å². The lowest BCUT2D eigenvalue weighted by Crippen LogP contribution is -1.98. The summed E-state index contributed by atoms with van der Waals surface area (Å²) < 4.78 is 5.38. The molecule has 0 heterocycles. The molecule has 0 unspecified atom stereocenters. The molecule has 0 fully saturated rings. The van der Waals surface area contributed by atoms with E-state index in [4.69, 9.17) is 4.74 Å². The molecule has 1 aliphatic carbocycles. The first-order valence-corrected chi connectivity index (χ1v) is 6.53. The van der Waals surface area contributed by atoms with E-state index >= 15 is 0 Å². The predicted octanol–water partition coefficient (Wildman–Crippen LogP) is 3.71. The van der Waals surface area contributed by atoms with Gasteiger partial charge in [-0.3, -0.25) is 4.79 Å². The Labute approximate surface area is 117 Å². The van der Waals surface area contributed by atoms with Gasteiger partial charge in [-0.1, -0.05) is 36.4 Å². The second kappa shape index (κ2) is 4.85. The van der Waals surface area contributed by atoms with E-state index in [2.05, 4.69) is 0 Å². The van der Waals surface area contributed by atoms with Crippen LogP contribution in [-0.4, -0.2) is 17.5 Å². The third-order valence-electron chi connectivity index (χ3n) is 3.34. The lowest BCUT2D eigenvalue weighted by Gasteiger charge is -2.05. The fraction of sp³-hybridized carbons (Fsp3) is 0.118. The molecule has 0 saturated carbocycles. The van der Waals surface area contributed by atoms with E-state index < -0.39 is 0 Å². The molecular formula is C17H14O3. The molecule has 1 N–H and O–H groups in total. The fourth-order valence-electron chi connectivity index (χ4n) is 2.42. The molecule has 3 rings (SSSR count). The maximum atomic E-state index is 12.4. The van der Waals surface area contributed by atoms with Crippen LogP contribution in [0.25, 0.3) is 11.3 Å². The van der Waals surface area contributed by atoms with Crippen molar-refractivity contribution in [3.8, 4) is 5.75 Å². The number of ether oxygens (including phenoxy) is 1. The summed E-state index contributed by atoms with van der Waals surface area (Å²) in [6.45, 7) is 2.51. The number of hydrogen-bond acceptors (Lipinski definition) is 3. The number of hydrogen-bond donors (Lipinski definition) is 1. The molecule has 2 aromatic rings. The highest BCUT2D eigenvalue weighted by Gasteiger charge is 2.30. The molecule has 20 heavy (non-hydrogen) atoms. The van der Waals surface area contributed by atoms with Crippen LogP contribution in [0.15, 0.2) is 48.5 Å². The van der Waals surface area contributed by atoms with Crippen LogP contribution >= 0.6 is 0 Å². The Hall–Kier alpha value is -2.55. The zero-order chi connectivity index (χ0) is 14.1. The standard InChI is InChI=1S/C17H14O3/c1-2-20-12-9-7-11(8-10-12)15-16(18)13-5-3-4-6-14(13)17(15)19/h3-10,18H,2H2,1H3. The zero-order valence-electron chi connectivity index (χ0n) is 11.1. The quantitative estimate of drug-likeness (QED) is 0.921. The van der Waals surface area contributed by atoms with E-state index in [1.54, 1.807) is 42.5 Å². The molecule has 1 aliphatic rings. The Bertz CT molecular complexity index is 696. The minimum Gasteiger partial charge on any atom is -0.507 e. The maximum Gasteiger partial charge on any atom is 0.198 e. The molecular weight excluding hydrogens is 252 g/mol. The van der Waals surface area contributed by atoms with E-state index in [1.807, 2.05) is 13.0 Å². The number of aliphatic hydroxyl groups excluding tert-OH is 1. The number of allylic oxidation sites excluding steroid dienone is 1. The van der Waals surface area contributed by atoms with Crippen molar-refractivity contribution in [3.05, 3.63) is 65.2 Å². The van der Waals surface area contributed by atoms with Gasteiger partial charge in [-0.15, -0.1) is 0 Å². The monoisotopic (exact) mass is 266 g/mol. The van der Waals surface area contributed by atoms with Gasteiger partial charge in [0.15, 0.2) is 5.78 Å². The van der Waals surface area contributed by atoms with Crippen molar-refractivity contribution in [1.29, 1.82) is 0 Å². The lowest BCUT2D eigenvalue weighted by molar-refractivity contribution is 0.105. The number of carbonyl (C=O) groups is 1. The topological polar surface area (TPSA) is 46.5 Å². The molecule has 100 valence electrons. The van der Waals surface area contributed by atoms with Crippen LogP contribution in [0, 0.1) is 0 Å². The Balaban J connectivity index is 2.03. The van der Waals surface area contributed by atoms with Crippen LogP contribution in [0.4, 0.5) is 0 Å². The van der Waals surface area contributed by atoms with E-state index in [1.165, 1.54) is 0 Å². The average Bonchev–Trinajstić information content (AvgIpc) is 2.73. The van der Waals surface area contributed by atoms with Crippen molar-refractivity contribution in [3.63, 3.8) is 0 Å². The van der Waals surface area contributed by atoms with E-state index in [0.29, 0.717) is 28.9 Å². The first-order chi connectivity index (χ1) is 9.72. The van der Waals surface area contributed by atoms with Gasteiger partial charge in [0.25, 0.3) is 0 Å². The minimum absolute atomic E-state index is 0.0507. The smallest absolute Gasteiger partial charge is 0.198 e. The Morgan fingerprint density at radius 2 is 1.65 bits per heavy atom. The average molecular weight is 266 g/mol. The molecule has 3 heteroatoms. The molecule has 0 radical (unpaired) electrons. The minimum atomic E-state index is -0.137. The summed E-state index contributed by atoms with van der Waals surface area (Å²) in [5, 5.41) is 10.3. The summed E-state index contributed by atoms with van der Waals surface area (Å²) in [7, 11) is 0. The number of rotatable bonds is 3.